The van der Waals surface area contributed by atoms with Crippen molar-refractivity contribution in [3.8, 4) is 5.75 Å². The fourth-order valence-corrected chi connectivity index (χ4v) is 2.24. The first-order chi connectivity index (χ1) is 8.78. The zero-order valence-corrected chi connectivity index (χ0v) is 10.7. The molecule has 1 aliphatic carbocycles. The van der Waals surface area contributed by atoms with Gasteiger partial charge in [-0.1, -0.05) is 12.8 Å². The number of hydrogen-bond donors (Lipinski definition) is 2. The van der Waals surface area contributed by atoms with E-state index in [1.807, 2.05) is 24.3 Å². The molecule has 0 bridgehead atoms. The number of carbonyl (C=O) groups excluding carboxylic acids is 1. The summed E-state index contributed by atoms with van der Waals surface area (Å²) in [5, 5.41) is 6.15. The lowest BCUT2D eigenvalue weighted by atomic mass is 10.2. The Morgan fingerprint density at radius 3 is 2.56 bits per heavy atom. The van der Waals surface area contributed by atoms with Crippen LogP contribution in [0.4, 0.5) is 5.69 Å². The van der Waals surface area contributed by atoms with Gasteiger partial charge in [-0.15, -0.1) is 0 Å². The molecule has 98 valence electrons. The van der Waals surface area contributed by atoms with Crippen LogP contribution in [0.3, 0.4) is 0 Å². The second-order valence-corrected chi connectivity index (χ2v) is 4.63. The van der Waals surface area contributed by atoms with Crippen LogP contribution in [0.25, 0.3) is 0 Å². The van der Waals surface area contributed by atoms with Gasteiger partial charge < -0.3 is 15.4 Å². The molecule has 4 nitrogen and oxygen atoms in total. The normalized spacial score (nSPS) is 15.4. The number of amides is 1. The lowest BCUT2D eigenvalue weighted by molar-refractivity contribution is -0.120. The highest BCUT2D eigenvalue weighted by molar-refractivity contribution is 5.81. The summed E-state index contributed by atoms with van der Waals surface area (Å²) in [5.41, 5.74) is 0.928. The molecule has 1 fully saturated rings. The lowest BCUT2D eigenvalue weighted by Gasteiger charge is -2.13. The minimum atomic E-state index is 0.0673. The summed E-state index contributed by atoms with van der Waals surface area (Å²) in [6, 6.07) is 7.94. The number of carbonyl (C=O) groups is 1. The van der Waals surface area contributed by atoms with Crippen LogP contribution < -0.4 is 15.4 Å². The van der Waals surface area contributed by atoms with Gasteiger partial charge in [0.05, 0.1) is 13.7 Å². The summed E-state index contributed by atoms with van der Waals surface area (Å²) in [5.74, 6) is 0.883. The number of anilines is 1. The quantitative estimate of drug-likeness (QED) is 0.839. The Bertz CT molecular complexity index is 383. The molecule has 1 amide bonds. The van der Waals surface area contributed by atoms with Gasteiger partial charge in [-0.2, -0.15) is 0 Å². The highest BCUT2D eigenvalue weighted by Crippen LogP contribution is 2.17. The molecule has 4 heteroatoms. The van der Waals surface area contributed by atoms with Crippen molar-refractivity contribution < 1.29 is 9.53 Å². The molecule has 2 N–H and O–H groups in total. The van der Waals surface area contributed by atoms with Crippen molar-refractivity contribution in [1.29, 1.82) is 0 Å². The van der Waals surface area contributed by atoms with Gasteiger partial charge in [0.2, 0.25) is 5.91 Å². The number of benzene rings is 1. The maximum atomic E-state index is 11.7. The lowest BCUT2D eigenvalue weighted by Crippen LogP contribution is -2.36. The van der Waals surface area contributed by atoms with Crippen molar-refractivity contribution in [1.82, 2.24) is 5.32 Å². The van der Waals surface area contributed by atoms with Crippen LogP contribution in [0.5, 0.6) is 5.75 Å². The monoisotopic (exact) mass is 248 g/mol. The van der Waals surface area contributed by atoms with Gasteiger partial charge in [0.15, 0.2) is 0 Å². The molecule has 0 radical (unpaired) electrons. The fraction of sp³-hybridized carbons (Fsp3) is 0.500. The first-order valence-electron chi connectivity index (χ1n) is 6.45. The van der Waals surface area contributed by atoms with Gasteiger partial charge in [0.25, 0.3) is 0 Å². The number of hydrogen-bond acceptors (Lipinski definition) is 3. The summed E-state index contributed by atoms with van der Waals surface area (Å²) in [7, 11) is 1.64. The van der Waals surface area contributed by atoms with Crippen LogP contribution in [0, 0.1) is 0 Å². The number of methoxy groups -OCH3 is 1. The average molecular weight is 248 g/mol. The van der Waals surface area contributed by atoms with Gasteiger partial charge in [-0.3, -0.25) is 4.79 Å². The Kier molecular flexibility index (Phi) is 4.45. The SMILES string of the molecule is COc1ccc(NCC(=O)NC2CCCC2)cc1. The third kappa shape index (κ3) is 3.65. The Morgan fingerprint density at radius 1 is 1.28 bits per heavy atom. The molecule has 1 aromatic rings. The fourth-order valence-electron chi connectivity index (χ4n) is 2.24. The average Bonchev–Trinajstić information content (AvgIpc) is 2.90. The van der Waals surface area contributed by atoms with Gasteiger partial charge in [0, 0.05) is 11.7 Å². The Labute approximate surface area is 108 Å². The molecule has 0 atom stereocenters. The Balaban J connectivity index is 1.74. The maximum Gasteiger partial charge on any atom is 0.239 e. The summed E-state index contributed by atoms with van der Waals surface area (Å²) < 4.78 is 5.08. The van der Waals surface area contributed by atoms with Crippen LogP contribution in [0.2, 0.25) is 0 Å². The highest BCUT2D eigenvalue weighted by atomic mass is 16.5. The molecule has 18 heavy (non-hydrogen) atoms. The Morgan fingerprint density at radius 2 is 1.94 bits per heavy atom. The van der Waals surface area contributed by atoms with E-state index in [1.165, 1.54) is 12.8 Å². The third-order valence-corrected chi connectivity index (χ3v) is 3.26. The molecule has 1 aromatic carbocycles. The van der Waals surface area contributed by atoms with Crippen LogP contribution in [0.1, 0.15) is 25.7 Å². The minimum absolute atomic E-state index is 0.0673. The molecule has 0 saturated heterocycles. The molecule has 0 spiro atoms. The number of nitrogens with one attached hydrogen (secondary N) is 2. The zero-order valence-electron chi connectivity index (χ0n) is 10.7. The Hall–Kier alpha value is -1.71. The van der Waals surface area contributed by atoms with E-state index in [0.717, 1.165) is 24.3 Å². The van der Waals surface area contributed by atoms with E-state index >= 15 is 0 Å². The van der Waals surface area contributed by atoms with Crippen LogP contribution in [-0.2, 0) is 4.79 Å². The van der Waals surface area contributed by atoms with Crippen molar-refractivity contribution in [3.63, 3.8) is 0 Å². The van der Waals surface area contributed by atoms with Gasteiger partial charge in [-0.05, 0) is 37.1 Å². The molecule has 0 aromatic heterocycles. The standard InChI is InChI=1S/C14H20N2O2/c1-18-13-8-6-11(7-9-13)15-10-14(17)16-12-4-2-3-5-12/h6-9,12,15H,2-5,10H2,1H3,(H,16,17). The summed E-state index contributed by atoms with van der Waals surface area (Å²) >= 11 is 0. The van der Waals surface area contributed by atoms with Gasteiger partial charge in [-0.25, -0.2) is 0 Å². The van der Waals surface area contributed by atoms with Crippen molar-refractivity contribution >= 4 is 11.6 Å². The van der Waals surface area contributed by atoms with Crippen LogP contribution in [-0.4, -0.2) is 25.6 Å². The van der Waals surface area contributed by atoms with E-state index in [9.17, 15) is 4.79 Å². The number of ether oxygens (including phenoxy) is 1. The molecule has 1 aliphatic rings. The summed E-state index contributed by atoms with van der Waals surface area (Å²) in [6.45, 7) is 0.322. The number of rotatable bonds is 5. The molecule has 0 aliphatic heterocycles. The van der Waals surface area contributed by atoms with E-state index in [1.54, 1.807) is 7.11 Å². The van der Waals surface area contributed by atoms with Gasteiger partial charge >= 0.3 is 0 Å². The first-order valence-corrected chi connectivity index (χ1v) is 6.45. The highest BCUT2D eigenvalue weighted by Gasteiger charge is 2.16. The van der Waals surface area contributed by atoms with Gasteiger partial charge in [0.1, 0.15) is 5.75 Å². The van der Waals surface area contributed by atoms with Crippen molar-refractivity contribution in [3.05, 3.63) is 24.3 Å². The summed E-state index contributed by atoms with van der Waals surface area (Å²) in [6.07, 6.45) is 4.70. The van der Waals surface area contributed by atoms with E-state index in [-0.39, 0.29) is 5.91 Å². The van der Waals surface area contributed by atoms with Crippen molar-refractivity contribution in [2.45, 2.75) is 31.7 Å². The van der Waals surface area contributed by atoms with Crippen molar-refractivity contribution in [2.75, 3.05) is 19.0 Å². The maximum absolute atomic E-state index is 11.7. The van der Waals surface area contributed by atoms with E-state index in [2.05, 4.69) is 10.6 Å². The van der Waals surface area contributed by atoms with Crippen LogP contribution >= 0.6 is 0 Å². The predicted molar refractivity (Wildman–Crippen MR) is 71.9 cm³/mol. The molecule has 0 unspecified atom stereocenters. The summed E-state index contributed by atoms with van der Waals surface area (Å²) in [4.78, 5) is 11.7. The second-order valence-electron chi connectivity index (χ2n) is 4.63. The smallest absolute Gasteiger partial charge is 0.239 e. The largest absolute Gasteiger partial charge is 0.497 e. The molecule has 1 saturated carbocycles. The van der Waals surface area contributed by atoms with Crippen molar-refractivity contribution in [2.24, 2.45) is 0 Å². The topological polar surface area (TPSA) is 50.4 Å². The molecular weight excluding hydrogens is 228 g/mol. The first kappa shape index (κ1) is 12.7. The minimum Gasteiger partial charge on any atom is -0.497 e. The third-order valence-electron chi connectivity index (χ3n) is 3.26. The second kappa shape index (κ2) is 6.28. The zero-order chi connectivity index (χ0) is 12.8. The molecule has 0 heterocycles. The predicted octanol–water partition coefficient (Wildman–Crippen LogP) is 2.17. The van der Waals surface area contributed by atoms with E-state index in [4.69, 9.17) is 4.74 Å². The molecule has 2 rings (SSSR count). The van der Waals surface area contributed by atoms with E-state index in [0.29, 0.717) is 12.6 Å². The molecular formula is C14H20N2O2. The van der Waals surface area contributed by atoms with E-state index < -0.39 is 0 Å². The van der Waals surface area contributed by atoms with Crippen LogP contribution in [0.15, 0.2) is 24.3 Å².